The van der Waals surface area contributed by atoms with Crippen molar-refractivity contribution in [3.63, 3.8) is 0 Å². The number of amides is 1. The molecule has 69 heavy (non-hydrogen) atoms. The Labute approximate surface area is 408 Å². The van der Waals surface area contributed by atoms with Gasteiger partial charge in [0.05, 0.1) is 35.8 Å². The second-order valence-corrected chi connectivity index (χ2v) is 22.4. The van der Waals surface area contributed by atoms with Crippen molar-refractivity contribution < 1.29 is 77.8 Å². The fourth-order valence-electron chi connectivity index (χ4n) is 6.82. The van der Waals surface area contributed by atoms with Gasteiger partial charge in [-0.25, -0.2) is 17.5 Å². The van der Waals surface area contributed by atoms with Gasteiger partial charge in [0.15, 0.2) is 22.2 Å². The van der Waals surface area contributed by atoms with Gasteiger partial charge in [0.1, 0.15) is 61.1 Å². The van der Waals surface area contributed by atoms with E-state index in [0.717, 1.165) is 22.1 Å². The number of ether oxygens (including phenoxy) is 4. The highest BCUT2D eigenvalue weighted by Gasteiger charge is 2.46. The summed E-state index contributed by atoms with van der Waals surface area (Å²) in [6.45, 7) is -2.55. The first-order valence-corrected chi connectivity index (χ1v) is 26.3. The van der Waals surface area contributed by atoms with Gasteiger partial charge in [-0.2, -0.15) is 16.8 Å². The zero-order chi connectivity index (χ0) is 50.4. The van der Waals surface area contributed by atoms with Gasteiger partial charge >= 0.3 is 0 Å². The topological polar surface area (TPSA) is 316 Å². The normalized spacial score (nSPS) is 18.9. The molecule has 22 nitrogen and oxygen atoms in total. The third kappa shape index (κ3) is 13.9. The van der Waals surface area contributed by atoms with Gasteiger partial charge in [-0.3, -0.25) is 23.8 Å². The van der Waals surface area contributed by atoms with Crippen molar-refractivity contribution in [3.8, 4) is 28.4 Å². The number of sulfone groups is 1. The lowest BCUT2D eigenvalue weighted by Gasteiger charge is -2.38. The Morgan fingerprint density at radius 3 is 2.35 bits per heavy atom. The summed E-state index contributed by atoms with van der Waals surface area (Å²) in [5.74, 6) is -0.0593. The average molecular weight is 1110 g/mol. The number of hydrogen-bond donors (Lipinski definition) is 6. The lowest BCUT2D eigenvalue weighted by Crippen LogP contribution is -2.55. The van der Waals surface area contributed by atoms with Crippen molar-refractivity contribution in [2.24, 2.45) is 0 Å². The van der Waals surface area contributed by atoms with E-state index >= 15 is 0 Å². The van der Waals surface area contributed by atoms with Gasteiger partial charge in [-0.1, -0.05) is 47.1 Å². The number of hydrogen-bond acceptors (Lipinski definition) is 18. The molecule has 2 aromatic heterocycles. The molecule has 3 heterocycles. The zero-order valence-electron chi connectivity index (χ0n) is 36.2. The second kappa shape index (κ2) is 22.4. The first kappa shape index (κ1) is 53.4. The van der Waals surface area contributed by atoms with E-state index in [0.29, 0.717) is 32.6 Å². The summed E-state index contributed by atoms with van der Waals surface area (Å²) < 4.78 is 126. The number of carbonyl (C=O) groups is 1. The van der Waals surface area contributed by atoms with E-state index in [2.05, 4.69) is 36.5 Å². The summed E-state index contributed by atoms with van der Waals surface area (Å²) in [5, 5.41) is 39.6. The van der Waals surface area contributed by atoms with Crippen molar-refractivity contribution in [2.75, 3.05) is 33.0 Å². The molecule has 1 saturated heterocycles. The summed E-state index contributed by atoms with van der Waals surface area (Å²) in [5.41, 5.74) is 3.28. The van der Waals surface area contributed by atoms with Crippen molar-refractivity contribution >= 4 is 63.5 Å². The molecule has 374 valence electrons. The Morgan fingerprint density at radius 2 is 1.65 bits per heavy atom. The quantitative estimate of drug-likeness (QED) is 0.0575. The molecule has 0 bridgehead atoms. The molecular formula is C41H45BrClFN6O16S3. The minimum Gasteiger partial charge on any atom is -0.488 e. The van der Waals surface area contributed by atoms with Crippen LogP contribution in [0.15, 0.2) is 88.6 Å². The molecule has 3 aromatic carbocycles. The number of pyridine rings is 1. The molecule has 5 aromatic rings. The molecule has 0 saturated carbocycles. The molecule has 1 amide bonds. The van der Waals surface area contributed by atoms with Gasteiger partial charge in [0.25, 0.3) is 20.2 Å². The van der Waals surface area contributed by atoms with E-state index in [9.17, 15) is 58.9 Å². The number of carbonyl (C=O) groups excluding carboxylic acids is 1. The van der Waals surface area contributed by atoms with Crippen LogP contribution in [0, 0.1) is 0 Å². The molecule has 28 heteroatoms. The number of halogens is 3. The van der Waals surface area contributed by atoms with Gasteiger partial charge in [-0.15, -0.1) is 5.10 Å². The Hall–Kier alpha value is -4.91. The van der Waals surface area contributed by atoms with Crippen LogP contribution in [0.25, 0.3) is 11.1 Å². The van der Waals surface area contributed by atoms with E-state index in [1.54, 1.807) is 18.2 Å². The SMILES string of the molecule is CN(CC(=O)NCC(S(=O)(=O)O)S(=O)(=O)O)Cc1cc(Cl)c(OCc2cccc(-c3cccc(OCc4cn([C@@H]5O[C@H](CO)[C@@H](O)[C@H](O)[C@H]5F)nn4)c3)c2Br)cc1OCc1cncc(S(C)(=O)=O)c1. The molecule has 6 N–H and O–H groups in total. The number of likely N-dealkylation sites (N-methyl/N-ethyl adjacent to an activating group) is 1. The predicted octanol–water partition coefficient (Wildman–Crippen LogP) is 2.50. The smallest absolute Gasteiger partial charge is 0.286 e. The lowest BCUT2D eigenvalue weighted by atomic mass is 9.99. The van der Waals surface area contributed by atoms with Crippen LogP contribution in [0.5, 0.6) is 17.2 Å². The molecular weight excluding hydrogens is 1060 g/mol. The first-order chi connectivity index (χ1) is 32.4. The van der Waals surface area contributed by atoms with Crippen LogP contribution >= 0.6 is 27.5 Å². The Balaban J connectivity index is 1.16. The molecule has 0 aliphatic carbocycles. The monoisotopic (exact) mass is 1110 g/mol. The fourth-order valence-corrected chi connectivity index (χ4v) is 10.1. The molecule has 1 aliphatic rings. The van der Waals surface area contributed by atoms with Crippen LogP contribution in [0.4, 0.5) is 4.39 Å². The highest BCUT2D eigenvalue weighted by atomic mass is 79.9. The highest BCUT2D eigenvalue weighted by molar-refractivity contribution is 9.10. The number of nitrogens with one attached hydrogen (secondary N) is 1. The van der Waals surface area contributed by atoms with Crippen LogP contribution in [0.2, 0.25) is 5.02 Å². The Morgan fingerprint density at radius 1 is 0.942 bits per heavy atom. The first-order valence-electron chi connectivity index (χ1n) is 20.2. The zero-order valence-corrected chi connectivity index (χ0v) is 41.0. The summed E-state index contributed by atoms with van der Waals surface area (Å²) in [6.07, 6.45) is -3.18. The number of benzene rings is 3. The van der Waals surface area contributed by atoms with Crippen molar-refractivity contribution in [1.82, 2.24) is 30.2 Å². The largest absolute Gasteiger partial charge is 0.488 e. The summed E-state index contributed by atoms with van der Waals surface area (Å²) in [4.78, 5) is 18.1. The number of aliphatic hydroxyl groups is 3. The van der Waals surface area contributed by atoms with Crippen molar-refractivity contribution in [1.29, 1.82) is 0 Å². The van der Waals surface area contributed by atoms with Gasteiger partial charge in [-0.05, 0) is 58.4 Å². The maximum Gasteiger partial charge on any atom is 0.286 e. The summed E-state index contributed by atoms with van der Waals surface area (Å²) in [6, 6.07) is 17.0. The van der Waals surface area contributed by atoms with E-state index < -0.39 is 91.0 Å². The van der Waals surface area contributed by atoms with E-state index in [1.165, 1.54) is 48.7 Å². The van der Waals surface area contributed by atoms with Gasteiger partial charge < -0.3 is 39.6 Å². The Bertz CT molecular complexity index is 2960. The standard InChI is InChI=1S/C41H45BrClFN6O16S3/c1-49(18-35(52)46-15-36(68(57,58)59)69(60,61)62)16-26-11-31(43)33(12-32(26)64-20-23-9-29(14-45-13-23)67(2,55)56)65-21-25-6-4-8-30(37(25)42)24-5-3-7-28(10-24)63-22-27-17-50(48-47-27)41-38(44)40(54)39(53)34(19-51)66-41/h3-14,17,34,36,38-41,51,53-54H,15-16,18-22H2,1-2H3,(H,46,52)(H,57,58,59)(H,60,61,62)/t34-,38-,39-,40-,41-/m1/s1. The molecule has 1 fully saturated rings. The van der Waals surface area contributed by atoms with Crippen molar-refractivity contribution in [2.45, 2.75) is 66.6 Å². The maximum atomic E-state index is 14.8. The predicted molar refractivity (Wildman–Crippen MR) is 246 cm³/mol. The van der Waals surface area contributed by atoms with Crippen LogP contribution in [0.1, 0.15) is 28.6 Å². The average Bonchev–Trinajstić information content (AvgIpc) is 3.75. The van der Waals surface area contributed by atoms with Gasteiger partial charge in [0, 0.05) is 52.4 Å². The minimum atomic E-state index is -5.29. The number of aromatic nitrogens is 4. The molecule has 0 radical (unpaired) electrons. The van der Waals surface area contributed by atoms with E-state index in [-0.39, 0.29) is 47.8 Å². The third-order valence-electron chi connectivity index (χ3n) is 10.3. The maximum absolute atomic E-state index is 14.8. The highest BCUT2D eigenvalue weighted by Crippen LogP contribution is 2.37. The van der Waals surface area contributed by atoms with E-state index in [1.807, 2.05) is 24.3 Å². The molecule has 0 unspecified atom stereocenters. The third-order valence-corrected chi connectivity index (χ3v) is 15.8. The number of aliphatic hydroxyl groups excluding tert-OH is 3. The van der Waals surface area contributed by atoms with E-state index in [4.69, 9.17) is 30.5 Å². The molecule has 5 atom stereocenters. The van der Waals surface area contributed by atoms with Crippen LogP contribution < -0.4 is 19.5 Å². The lowest BCUT2D eigenvalue weighted by molar-refractivity contribution is -0.237. The van der Waals surface area contributed by atoms with Crippen LogP contribution in [-0.4, -0.2) is 143 Å². The molecule has 1 aliphatic heterocycles. The Kier molecular flexibility index (Phi) is 17.4. The summed E-state index contributed by atoms with van der Waals surface area (Å²) >= 11 is 10.4. The second-order valence-electron chi connectivity index (χ2n) is 15.7. The number of alkyl halides is 1. The summed E-state index contributed by atoms with van der Waals surface area (Å²) in [7, 11) is -12.7. The van der Waals surface area contributed by atoms with Gasteiger partial charge in [0.2, 0.25) is 10.5 Å². The molecule has 6 rings (SSSR count). The molecule has 0 spiro atoms. The van der Waals surface area contributed by atoms with Crippen molar-refractivity contribution in [3.05, 3.63) is 111 Å². The fraction of sp³-hybridized carbons (Fsp3) is 0.366. The van der Waals surface area contributed by atoms with Crippen LogP contribution in [-0.2, 0) is 66.0 Å². The number of rotatable bonds is 21. The van der Waals surface area contributed by atoms with Crippen LogP contribution in [0.3, 0.4) is 0 Å². The minimum absolute atomic E-state index is 0.0211. The number of nitrogens with zero attached hydrogens (tertiary/aromatic N) is 5.